The summed E-state index contributed by atoms with van der Waals surface area (Å²) >= 11 is 5.87. The molecule has 0 aromatic heterocycles. The lowest BCUT2D eigenvalue weighted by molar-refractivity contribution is -0.384. The molecule has 1 N–H and O–H groups in total. The number of anilines is 1. The van der Waals surface area contributed by atoms with Crippen LogP contribution in [0.1, 0.15) is 15.9 Å². The molecule has 21 heavy (non-hydrogen) atoms. The van der Waals surface area contributed by atoms with E-state index in [9.17, 15) is 14.9 Å². The van der Waals surface area contributed by atoms with Crippen LogP contribution < -0.4 is 5.32 Å². The second-order valence-corrected chi connectivity index (χ2v) is 4.47. The predicted molar refractivity (Wildman–Crippen MR) is 77.2 cm³/mol. The Morgan fingerprint density at radius 2 is 1.90 bits per heavy atom. The molecule has 0 atom stereocenters. The molecule has 6 nitrogen and oxygen atoms in total. The van der Waals surface area contributed by atoms with Crippen LogP contribution in [0.25, 0.3) is 0 Å². The fourth-order valence-corrected chi connectivity index (χ4v) is 1.84. The van der Waals surface area contributed by atoms with Crippen molar-refractivity contribution >= 4 is 28.9 Å². The molecule has 0 radical (unpaired) electrons. The Kier molecular flexibility index (Phi) is 4.16. The number of amides is 1. The van der Waals surface area contributed by atoms with Crippen molar-refractivity contribution in [3.63, 3.8) is 0 Å². The zero-order valence-corrected chi connectivity index (χ0v) is 11.3. The van der Waals surface area contributed by atoms with Crippen molar-refractivity contribution in [2.45, 2.75) is 0 Å². The summed E-state index contributed by atoms with van der Waals surface area (Å²) in [5.74, 6) is -0.425. The molecule has 7 heteroatoms. The number of carbonyl (C=O) groups is 1. The van der Waals surface area contributed by atoms with E-state index < -0.39 is 10.8 Å². The number of nitrogens with zero attached hydrogens (tertiary/aromatic N) is 2. The molecule has 0 spiro atoms. The standard InChI is InChI=1S/C14H8ClN3O3/c15-13-7-11(4-1-10(13)8-16)17-14(19)9-2-5-12(6-3-9)18(20)21/h1-7H,(H,17,19). The number of nitrogens with one attached hydrogen (secondary N) is 1. The van der Waals surface area contributed by atoms with E-state index in [2.05, 4.69) is 5.32 Å². The number of nitro groups is 1. The molecule has 0 unspecified atom stereocenters. The molecule has 104 valence electrons. The van der Waals surface area contributed by atoms with E-state index in [1.54, 1.807) is 6.07 Å². The van der Waals surface area contributed by atoms with Crippen LogP contribution in [-0.2, 0) is 0 Å². The van der Waals surface area contributed by atoms with Gasteiger partial charge in [-0.2, -0.15) is 5.26 Å². The van der Waals surface area contributed by atoms with Crippen molar-refractivity contribution in [1.82, 2.24) is 0 Å². The van der Waals surface area contributed by atoms with Crippen molar-refractivity contribution in [1.29, 1.82) is 5.26 Å². The number of hydrogen-bond acceptors (Lipinski definition) is 4. The highest BCUT2D eigenvalue weighted by Gasteiger charge is 2.10. The van der Waals surface area contributed by atoms with E-state index in [-0.39, 0.29) is 16.3 Å². The van der Waals surface area contributed by atoms with E-state index in [4.69, 9.17) is 16.9 Å². The Morgan fingerprint density at radius 1 is 1.24 bits per heavy atom. The third-order valence-electron chi connectivity index (χ3n) is 2.69. The maximum Gasteiger partial charge on any atom is 0.269 e. The maximum atomic E-state index is 12.0. The SMILES string of the molecule is N#Cc1ccc(NC(=O)c2ccc([N+](=O)[O-])cc2)cc1Cl. The number of rotatable bonds is 3. The fourth-order valence-electron chi connectivity index (χ4n) is 1.62. The van der Waals surface area contributed by atoms with Crippen LogP contribution in [-0.4, -0.2) is 10.8 Å². The average molecular weight is 302 g/mol. The van der Waals surface area contributed by atoms with Gasteiger partial charge in [0.05, 0.1) is 15.5 Å². The summed E-state index contributed by atoms with van der Waals surface area (Å²) < 4.78 is 0. The Hall–Kier alpha value is -2.91. The molecule has 2 aromatic carbocycles. The van der Waals surface area contributed by atoms with Crippen LogP contribution in [0.5, 0.6) is 0 Å². The first-order valence-electron chi connectivity index (χ1n) is 5.76. The van der Waals surface area contributed by atoms with Crippen LogP contribution in [0.15, 0.2) is 42.5 Å². The molecule has 2 rings (SSSR count). The van der Waals surface area contributed by atoms with Crippen molar-refractivity contribution < 1.29 is 9.72 Å². The van der Waals surface area contributed by atoms with Gasteiger partial charge in [0, 0.05) is 23.4 Å². The molecular formula is C14H8ClN3O3. The first kappa shape index (κ1) is 14.5. The van der Waals surface area contributed by atoms with Gasteiger partial charge in [-0.1, -0.05) is 11.6 Å². The fraction of sp³-hybridized carbons (Fsp3) is 0. The molecule has 0 saturated heterocycles. The van der Waals surface area contributed by atoms with Crippen molar-refractivity contribution in [3.05, 3.63) is 68.7 Å². The zero-order valence-electron chi connectivity index (χ0n) is 10.5. The van der Waals surface area contributed by atoms with Crippen LogP contribution in [0.4, 0.5) is 11.4 Å². The first-order chi connectivity index (χ1) is 10.0. The van der Waals surface area contributed by atoms with Gasteiger partial charge in [0.2, 0.25) is 0 Å². The number of non-ortho nitro benzene ring substituents is 1. The molecule has 2 aromatic rings. The van der Waals surface area contributed by atoms with E-state index in [0.29, 0.717) is 11.3 Å². The molecule has 0 bridgehead atoms. The highest BCUT2D eigenvalue weighted by Crippen LogP contribution is 2.21. The molecule has 0 saturated carbocycles. The van der Waals surface area contributed by atoms with Gasteiger partial charge in [0.1, 0.15) is 6.07 Å². The van der Waals surface area contributed by atoms with Crippen LogP contribution >= 0.6 is 11.6 Å². The molecule has 0 aliphatic rings. The molecule has 0 aliphatic carbocycles. The Bertz CT molecular complexity index is 751. The summed E-state index contributed by atoms with van der Waals surface area (Å²) in [5.41, 5.74) is 0.932. The van der Waals surface area contributed by atoms with Crippen LogP contribution in [0.3, 0.4) is 0 Å². The highest BCUT2D eigenvalue weighted by atomic mass is 35.5. The largest absolute Gasteiger partial charge is 0.322 e. The average Bonchev–Trinajstić information content (AvgIpc) is 2.47. The predicted octanol–water partition coefficient (Wildman–Crippen LogP) is 3.37. The van der Waals surface area contributed by atoms with Gasteiger partial charge < -0.3 is 5.32 Å². The summed E-state index contributed by atoms with van der Waals surface area (Å²) in [6, 6.07) is 11.6. The number of benzene rings is 2. The summed E-state index contributed by atoms with van der Waals surface area (Å²) in [6.45, 7) is 0. The van der Waals surface area contributed by atoms with E-state index in [0.717, 1.165) is 0 Å². The topological polar surface area (TPSA) is 96.0 Å². The molecule has 0 aliphatic heterocycles. The third kappa shape index (κ3) is 3.35. The minimum atomic E-state index is -0.540. The second-order valence-electron chi connectivity index (χ2n) is 4.06. The van der Waals surface area contributed by atoms with Crippen LogP contribution in [0, 0.1) is 21.4 Å². The van der Waals surface area contributed by atoms with Crippen LogP contribution in [0.2, 0.25) is 5.02 Å². The maximum absolute atomic E-state index is 12.0. The number of halogens is 1. The van der Waals surface area contributed by atoms with Gasteiger partial charge in [-0.3, -0.25) is 14.9 Å². The van der Waals surface area contributed by atoms with Crippen molar-refractivity contribution in [3.8, 4) is 6.07 Å². The molecule has 0 heterocycles. The third-order valence-corrected chi connectivity index (χ3v) is 3.00. The van der Waals surface area contributed by atoms with E-state index in [1.165, 1.54) is 36.4 Å². The van der Waals surface area contributed by atoms with Gasteiger partial charge in [0.15, 0.2) is 0 Å². The van der Waals surface area contributed by atoms with Gasteiger partial charge in [0.25, 0.3) is 11.6 Å². The lowest BCUT2D eigenvalue weighted by Crippen LogP contribution is -2.11. The monoisotopic (exact) mass is 301 g/mol. The highest BCUT2D eigenvalue weighted by molar-refractivity contribution is 6.32. The summed E-state index contributed by atoms with van der Waals surface area (Å²) in [7, 11) is 0. The summed E-state index contributed by atoms with van der Waals surface area (Å²) in [6.07, 6.45) is 0. The number of carbonyl (C=O) groups excluding carboxylic acids is 1. The normalized spacial score (nSPS) is 9.71. The van der Waals surface area contributed by atoms with Crippen molar-refractivity contribution in [2.24, 2.45) is 0 Å². The smallest absolute Gasteiger partial charge is 0.269 e. The lowest BCUT2D eigenvalue weighted by atomic mass is 10.1. The quantitative estimate of drug-likeness (QED) is 0.694. The molecular weight excluding hydrogens is 294 g/mol. The molecule has 1 amide bonds. The Balaban J connectivity index is 2.16. The Morgan fingerprint density at radius 3 is 2.43 bits per heavy atom. The summed E-state index contributed by atoms with van der Waals surface area (Å²) in [4.78, 5) is 22.0. The van der Waals surface area contributed by atoms with Crippen molar-refractivity contribution in [2.75, 3.05) is 5.32 Å². The van der Waals surface area contributed by atoms with E-state index >= 15 is 0 Å². The molecule has 0 fully saturated rings. The van der Waals surface area contributed by atoms with Gasteiger partial charge in [-0.05, 0) is 30.3 Å². The van der Waals surface area contributed by atoms with Gasteiger partial charge in [-0.25, -0.2) is 0 Å². The minimum absolute atomic E-state index is 0.0898. The van der Waals surface area contributed by atoms with E-state index in [1.807, 2.05) is 6.07 Å². The first-order valence-corrected chi connectivity index (χ1v) is 6.14. The lowest BCUT2D eigenvalue weighted by Gasteiger charge is -2.06. The number of nitriles is 1. The number of nitro benzene ring substituents is 1. The Labute approximate surface area is 124 Å². The van der Waals surface area contributed by atoms with Gasteiger partial charge in [-0.15, -0.1) is 0 Å². The minimum Gasteiger partial charge on any atom is -0.322 e. The zero-order chi connectivity index (χ0) is 15.4. The second kappa shape index (κ2) is 6.03. The summed E-state index contributed by atoms with van der Waals surface area (Å²) in [5, 5.41) is 22.1. The van der Waals surface area contributed by atoms with Gasteiger partial charge >= 0.3 is 0 Å². The number of hydrogen-bond donors (Lipinski definition) is 1.